The third kappa shape index (κ3) is 3.08. The number of aromatic carboxylic acids is 1. The highest BCUT2D eigenvalue weighted by atomic mass is 19.4. The smallest absolute Gasteiger partial charge is 0.433 e. The minimum absolute atomic E-state index is 0.0294. The summed E-state index contributed by atoms with van der Waals surface area (Å²) in [4.78, 5) is 14.3. The number of hydrogen-bond donors (Lipinski definition) is 2. The van der Waals surface area contributed by atoms with Crippen molar-refractivity contribution in [1.82, 2.24) is 4.98 Å². The molecule has 2 rings (SSSR count). The zero-order valence-corrected chi connectivity index (χ0v) is 9.94. The number of carboxylic acids is 1. The normalized spacial score (nSPS) is 11.3. The number of furan rings is 1. The van der Waals surface area contributed by atoms with Crippen molar-refractivity contribution in [3.63, 3.8) is 0 Å². The fourth-order valence-electron chi connectivity index (χ4n) is 1.51. The van der Waals surface area contributed by atoms with Gasteiger partial charge in [0.2, 0.25) is 0 Å². The Labute approximate surface area is 111 Å². The van der Waals surface area contributed by atoms with Gasteiger partial charge in [0.1, 0.15) is 22.8 Å². The summed E-state index contributed by atoms with van der Waals surface area (Å²) in [5.74, 6) is -1.28. The molecule has 0 fully saturated rings. The van der Waals surface area contributed by atoms with Crippen LogP contribution in [0.4, 0.5) is 19.0 Å². The molecule has 2 N–H and O–H groups in total. The van der Waals surface area contributed by atoms with Gasteiger partial charge in [-0.3, -0.25) is 0 Å². The Morgan fingerprint density at radius 1 is 1.35 bits per heavy atom. The van der Waals surface area contributed by atoms with E-state index in [0.29, 0.717) is 11.8 Å². The van der Waals surface area contributed by atoms with Gasteiger partial charge < -0.3 is 14.8 Å². The van der Waals surface area contributed by atoms with Crippen molar-refractivity contribution in [3.8, 4) is 0 Å². The zero-order chi connectivity index (χ0) is 14.8. The summed E-state index contributed by atoms with van der Waals surface area (Å²) in [7, 11) is 0. The Bertz CT molecular complexity index is 609. The van der Waals surface area contributed by atoms with E-state index in [2.05, 4.69) is 10.3 Å². The van der Waals surface area contributed by atoms with Crippen LogP contribution in [0.1, 0.15) is 21.8 Å². The molecule has 0 atom stereocenters. The number of aromatic nitrogens is 1. The molecule has 106 valence electrons. The van der Waals surface area contributed by atoms with E-state index in [1.54, 1.807) is 12.1 Å². The van der Waals surface area contributed by atoms with Crippen molar-refractivity contribution >= 4 is 11.8 Å². The van der Waals surface area contributed by atoms with Gasteiger partial charge in [0.05, 0.1) is 12.8 Å². The third-order valence-corrected chi connectivity index (χ3v) is 2.43. The minimum Gasteiger partial charge on any atom is -0.478 e. The number of alkyl halides is 3. The van der Waals surface area contributed by atoms with Crippen molar-refractivity contribution in [3.05, 3.63) is 47.5 Å². The van der Waals surface area contributed by atoms with Gasteiger partial charge in [-0.1, -0.05) is 0 Å². The number of carbonyl (C=O) groups is 1. The van der Waals surface area contributed by atoms with Gasteiger partial charge >= 0.3 is 12.1 Å². The minimum atomic E-state index is -4.64. The highest BCUT2D eigenvalue weighted by Crippen LogP contribution is 2.29. The summed E-state index contributed by atoms with van der Waals surface area (Å²) >= 11 is 0. The molecule has 2 aromatic rings. The van der Waals surface area contributed by atoms with Crippen LogP contribution in [0.3, 0.4) is 0 Å². The Kier molecular flexibility index (Phi) is 3.64. The zero-order valence-electron chi connectivity index (χ0n) is 9.94. The topological polar surface area (TPSA) is 75.4 Å². The van der Waals surface area contributed by atoms with Gasteiger partial charge in [0.15, 0.2) is 0 Å². The van der Waals surface area contributed by atoms with E-state index >= 15 is 0 Å². The fourth-order valence-corrected chi connectivity index (χ4v) is 1.51. The molecule has 0 saturated carbocycles. The predicted octanol–water partition coefficient (Wildman–Crippen LogP) is 3.00. The summed E-state index contributed by atoms with van der Waals surface area (Å²) in [6, 6.07) is 4.69. The van der Waals surface area contributed by atoms with E-state index in [-0.39, 0.29) is 17.9 Å². The maximum absolute atomic E-state index is 12.6. The predicted molar refractivity (Wildman–Crippen MR) is 62.2 cm³/mol. The summed E-state index contributed by atoms with van der Waals surface area (Å²) in [6.45, 7) is 0.0294. The molecule has 2 heterocycles. The van der Waals surface area contributed by atoms with Gasteiger partial charge in [0.25, 0.3) is 0 Å². The first kappa shape index (κ1) is 13.9. The summed E-state index contributed by atoms with van der Waals surface area (Å²) in [6.07, 6.45) is -3.24. The highest BCUT2D eigenvalue weighted by Gasteiger charge is 2.33. The molecular formula is C12H9F3N2O3. The Hall–Kier alpha value is -2.51. The van der Waals surface area contributed by atoms with Crippen molar-refractivity contribution in [2.75, 3.05) is 5.32 Å². The molecule has 8 heteroatoms. The van der Waals surface area contributed by atoms with E-state index in [1.165, 1.54) is 6.26 Å². The third-order valence-electron chi connectivity index (χ3n) is 2.43. The lowest BCUT2D eigenvalue weighted by Gasteiger charge is -2.11. The molecule has 0 aliphatic carbocycles. The van der Waals surface area contributed by atoms with Crippen LogP contribution in [0.15, 0.2) is 34.9 Å². The lowest BCUT2D eigenvalue weighted by molar-refractivity contribution is -0.141. The largest absolute Gasteiger partial charge is 0.478 e. The number of pyridine rings is 1. The molecule has 0 unspecified atom stereocenters. The first-order chi connectivity index (χ1) is 9.38. The molecule has 0 saturated heterocycles. The van der Waals surface area contributed by atoms with E-state index in [4.69, 9.17) is 9.52 Å². The van der Waals surface area contributed by atoms with Crippen LogP contribution in [0, 0.1) is 0 Å². The Balaban J connectivity index is 2.29. The van der Waals surface area contributed by atoms with E-state index in [1.807, 2.05) is 0 Å². The number of halogens is 3. The van der Waals surface area contributed by atoms with Crippen molar-refractivity contribution in [1.29, 1.82) is 0 Å². The number of rotatable bonds is 4. The molecule has 0 aliphatic rings. The van der Waals surface area contributed by atoms with E-state index in [9.17, 15) is 18.0 Å². The Morgan fingerprint density at radius 2 is 2.10 bits per heavy atom. The number of carboxylic acid groups (broad SMARTS) is 1. The van der Waals surface area contributed by atoms with E-state index in [0.717, 1.165) is 6.07 Å². The van der Waals surface area contributed by atoms with Crippen molar-refractivity contribution in [2.45, 2.75) is 12.7 Å². The van der Waals surface area contributed by atoms with Crippen LogP contribution < -0.4 is 5.32 Å². The summed E-state index contributed by atoms with van der Waals surface area (Å²) < 4.78 is 42.7. The van der Waals surface area contributed by atoms with Crippen LogP contribution in [0.25, 0.3) is 0 Å². The fraction of sp³-hybridized carbons (Fsp3) is 0.167. The molecule has 0 bridgehead atoms. The second-order valence-electron chi connectivity index (χ2n) is 3.83. The van der Waals surface area contributed by atoms with Crippen LogP contribution in [0.5, 0.6) is 0 Å². The second kappa shape index (κ2) is 5.24. The molecule has 0 spiro atoms. The van der Waals surface area contributed by atoms with Crippen molar-refractivity contribution < 1.29 is 27.5 Å². The SMILES string of the molecule is O=C(O)c1ccc(C(F)(F)F)nc1NCc1ccco1. The summed E-state index contributed by atoms with van der Waals surface area (Å²) in [5, 5.41) is 11.5. The number of nitrogens with zero attached hydrogens (tertiary/aromatic N) is 1. The van der Waals surface area contributed by atoms with Crippen LogP contribution in [-0.4, -0.2) is 16.1 Å². The standard InChI is InChI=1S/C12H9F3N2O3/c13-12(14,15)9-4-3-8(11(18)19)10(17-9)16-6-7-2-1-5-20-7/h1-5H,6H2,(H,16,17)(H,18,19). The molecule has 5 nitrogen and oxygen atoms in total. The van der Waals surface area contributed by atoms with Gasteiger partial charge in [-0.25, -0.2) is 9.78 Å². The quantitative estimate of drug-likeness (QED) is 0.903. The molecule has 0 aliphatic heterocycles. The van der Waals surface area contributed by atoms with Gasteiger partial charge in [-0.05, 0) is 24.3 Å². The number of nitrogens with one attached hydrogen (secondary N) is 1. The average Bonchev–Trinajstić information content (AvgIpc) is 2.87. The lowest BCUT2D eigenvalue weighted by Crippen LogP contribution is -2.14. The molecule has 0 radical (unpaired) electrons. The van der Waals surface area contributed by atoms with Gasteiger partial charge in [0, 0.05) is 0 Å². The molecule has 20 heavy (non-hydrogen) atoms. The lowest BCUT2D eigenvalue weighted by atomic mass is 10.2. The van der Waals surface area contributed by atoms with Gasteiger partial charge in [-0.15, -0.1) is 0 Å². The number of anilines is 1. The molecular weight excluding hydrogens is 277 g/mol. The maximum Gasteiger partial charge on any atom is 0.433 e. The molecule has 0 aromatic carbocycles. The van der Waals surface area contributed by atoms with Crippen LogP contribution in [0.2, 0.25) is 0 Å². The molecule has 0 amide bonds. The molecule has 2 aromatic heterocycles. The monoisotopic (exact) mass is 286 g/mol. The van der Waals surface area contributed by atoms with Gasteiger partial charge in [-0.2, -0.15) is 13.2 Å². The number of hydrogen-bond acceptors (Lipinski definition) is 4. The summed E-state index contributed by atoms with van der Waals surface area (Å²) in [5.41, 5.74) is -1.51. The average molecular weight is 286 g/mol. The Morgan fingerprint density at radius 3 is 2.65 bits per heavy atom. The van der Waals surface area contributed by atoms with E-state index < -0.39 is 17.8 Å². The second-order valence-corrected chi connectivity index (χ2v) is 3.83. The first-order valence-corrected chi connectivity index (χ1v) is 5.45. The highest BCUT2D eigenvalue weighted by molar-refractivity contribution is 5.93. The van der Waals surface area contributed by atoms with Crippen LogP contribution in [-0.2, 0) is 12.7 Å². The first-order valence-electron chi connectivity index (χ1n) is 5.45. The van der Waals surface area contributed by atoms with Crippen LogP contribution >= 0.6 is 0 Å². The maximum atomic E-state index is 12.6. The van der Waals surface area contributed by atoms with Crippen molar-refractivity contribution in [2.24, 2.45) is 0 Å².